The van der Waals surface area contributed by atoms with E-state index < -0.39 is 17.9 Å². The lowest BCUT2D eigenvalue weighted by atomic mass is 9.88. The molecule has 0 radical (unpaired) electrons. The van der Waals surface area contributed by atoms with E-state index in [1.54, 1.807) is 0 Å². The van der Waals surface area contributed by atoms with Crippen molar-refractivity contribution in [3.05, 3.63) is 0 Å². The molecule has 3 atom stereocenters. The average Bonchev–Trinajstić information content (AvgIpc) is 3.00. The fourth-order valence-electron chi connectivity index (χ4n) is 5.36. The third-order valence-electron chi connectivity index (χ3n) is 8.70. The van der Waals surface area contributed by atoms with E-state index in [0.717, 1.165) is 19.3 Å². The first kappa shape index (κ1) is 46.9. The van der Waals surface area contributed by atoms with Crippen LogP contribution >= 0.6 is 35.3 Å². The second-order valence-corrected chi connectivity index (χ2v) is 21.1. The molecule has 12 nitrogen and oxygen atoms in total. The van der Waals surface area contributed by atoms with Crippen LogP contribution in [0, 0.1) is 35.5 Å². The smallest absolute Gasteiger partial charge is 0.325 e. The maximum absolute atomic E-state index is 11.2. The normalized spacial score (nSPS) is 14.4. The van der Waals surface area contributed by atoms with E-state index in [1.807, 2.05) is 41.5 Å². The number of nitrogens with zero attached hydrogens (tertiary/aromatic N) is 3. The predicted octanol–water partition coefficient (Wildman–Crippen LogP) is 7.78. The third-order valence-corrected chi connectivity index (χ3v) is 12.7. The van der Waals surface area contributed by atoms with Crippen molar-refractivity contribution in [2.75, 3.05) is 37.1 Å². The van der Waals surface area contributed by atoms with Crippen molar-refractivity contribution in [2.45, 2.75) is 117 Å². The Hall–Kier alpha value is -2.13. The summed E-state index contributed by atoms with van der Waals surface area (Å²) in [6, 6.07) is 0.190. The molecule has 1 aromatic rings. The molecule has 1 rings (SSSR count). The summed E-state index contributed by atoms with van der Waals surface area (Å²) in [4.78, 5) is 47.1. The topological polar surface area (TPSA) is 178 Å². The molecule has 51 heavy (non-hydrogen) atoms. The molecule has 0 fully saturated rings. The lowest BCUT2D eigenvalue weighted by Gasteiger charge is -2.31. The number of aromatic nitrogens is 3. The Morgan fingerprint density at radius 3 is 0.902 bits per heavy atom. The second-order valence-electron chi connectivity index (χ2n) is 16.1. The zero-order valence-corrected chi connectivity index (χ0v) is 35.1. The maximum Gasteiger partial charge on any atom is 0.325 e. The van der Waals surface area contributed by atoms with Crippen molar-refractivity contribution in [3.8, 4) is 18.0 Å². The Labute approximate surface area is 318 Å². The van der Waals surface area contributed by atoms with Crippen molar-refractivity contribution >= 4 is 53.2 Å². The summed E-state index contributed by atoms with van der Waals surface area (Å²) in [6.07, 6.45) is 2.16. The Bertz CT molecular complexity index is 1090. The molecule has 0 aliphatic rings. The van der Waals surface area contributed by atoms with Crippen LogP contribution in [0.5, 0.6) is 18.0 Å². The number of aliphatic carboxylic acids is 3. The molecule has 15 heteroatoms. The Kier molecular flexibility index (Phi) is 19.8. The van der Waals surface area contributed by atoms with Crippen LogP contribution < -0.4 is 14.2 Å². The number of carboxylic acid groups (broad SMARTS) is 3. The summed E-state index contributed by atoms with van der Waals surface area (Å²) in [7, 11) is 0. The molecular formula is C36H63N3O9S3. The van der Waals surface area contributed by atoms with Gasteiger partial charge >= 0.3 is 35.9 Å². The van der Waals surface area contributed by atoms with Crippen LogP contribution in [0.3, 0.4) is 0 Å². The number of hydrogen-bond acceptors (Lipinski definition) is 12. The minimum Gasteiger partial charge on any atom is -0.481 e. The first-order valence-corrected chi connectivity index (χ1v) is 20.6. The summed E-state index contributed by atoms with van der Waals surface area (Å²) >= 11 is 4.20. The van der Waals surface area contributed by atoms with Gasteiger partial charge in [0.05, 0.1) is 37.1 Å². The number of carbonyl (C=O) groups is 3. The molecular weight excluding hydrogens is 715 g/mol. The highest BCUT2D eigenvalue weighted by atomic mass is 32.2. The molecule has 0 saturated heterocycles. The molecule has 0 aliphatic carbocycles. The molecule has 1 heterocycles. The number of thioether (sulfide) groups is 3. The maximum atomic E-state index is 11.2. The summed E-state index contributed by atoms with van der Waals surface area (Å²) < 4.78 is 17.7. The molecule has 3 N–H and O–H groups in total. The number of rotatable bonds is 27. The first-order chi connectivity index (χ1) is 23.4. The van der Waals surface area contributed by atoms with E-state index >= 15 is 0 Å². The molecule has 0 saturated carbocycles. The van der Waals surface area contributed by atoms with Gasteiger partial charge in [0.25, 0.3) is 0 Å². The fraction of sp³-hybridized carbons (Fsp3) is 0.833. The van der Waals surface area contributed by atoms with Gasteiger partial charge in [-0.15, -0.1) is 50.2 Å². The minimum atomic E-state index is -0.847. The van der Waals surface area contributed by atoms with Crippen LogP contribution in [0.2, 0.25) is 0 Å². The van der Waals surface area contributed by atoms with E-state index in [1.165, 1.54) is 35.3 Å². The summed E-state index contributed by atoms with van der Waals surface area (Å²) in [5, 5.41) is 27.6. The number of carboxylic acids is 3. The van der Waals surface area contributed by atoms with E-state index in [-0.39, 0.29) is 85.0 Å². The molecule has 0 aromatic carbocycles. The van der Waals surface area contributed by atoms with E-state index in [2.05, 4.69) is 56.5 Å². The van der Waals surface area contributed by atoms with Gasteiger partial charge in [-0.05, 0) is 54.8 Å². The largest absolute Gasteiger partial charge is 0.481 e. The molecule has 0 bridgehead atoms. The molecule has 3 unspecified atom stereocenters. The van der Waals surface area contributed by atoms with Crippen LogP contribution in [0.4, 0.5) is 0 Å². The lowest BCUT2D eigenvalue weighted by molar-refractivity contribution is -0.135. The lowest BCUT2D eigenvalue weighted by Crippen LogP contribution is -2.29. The Balaban J connectivity index is 3.31. The fourth-order valence-corrected chi connectivity index (χ4v) is 7.90. The average molecular weight is 778 g/mol. The van der Waals surface area contributed by atoms with E-state index in [4.69, 9.17) is 14.2 Å². The van der Waals surface area contributed by atoms with Crippen molar-refractivity contribution in [1.29, 1.82) is 0 Å². The summed E-state index contributed by atoms with van der Waals surface area (Å²) in [6.45, 7) is 25.7. The van der Waals surface area contributed by atoms with Gasteiger partial charge in [0.1, 0.15) is 0 Å². The van der Waals surface area contributed by atoms with Gasteiger partial charge in [-0.25, -0.2) is 0 Å². The molecule has 294 valence electrons. The first-order valence-electron chi connectivity index (χ1n) is 17.6. The van der Waals surface area contributed by atoms with Crippen LogP contribution in [0.25, 0.3) is 0 Å². The Morgan fingerprint density at radius 1 is 0.510 bits per heavy atom. The minimum absolute atomic E-state index is 0.0210. The van der Waals surface area contributed by atoms with Gasteiger partial charge in [0, 0.05) is 14.2 Å². The van der Waals surface area contributed by atoms with Gasteiger partial charge in [-0.1, -0.05) is 83.1 Å². The SMILES string of the molecule is CC(C)C(COc1nc(OCC(CC(C)(C)SCC(=O)O)C(C)C)nc(OCC(CC(C)(C)SCC(=O)O)C(C)C)n1)CC(C)(C)SCC(=O)O. The molecule has 0 aliphatic heterocycles. The van der Waals surface area contributed by atoms with Gasteiger partial charge in [0.2, 0.25) is 0 Å². The molecule has 1 aromatic heterocycles. The Morgan fingerprint density at radius 2 is 0.725 bits per heavy atom. The third kappa shape index (κ3) is 20.6. The zero-order valence-electron chi connectivity index (χ0n) is 32.7. The van der Waals surface area contributed by atoms with Crippen molar-refractivity contribution in [2.24, 2.45) is 35.5 Å². The van der Waals surface area contributed by atoms with Gasteiger partial charge in [-0.2, -0.15) is 0 Å². The summed E-state index contributed by atoms with van der Waals surface area (Å²) in [5.41, 5.74) is 0. The molecule has 0 amide bonds. The van der Waals surface area contributed by atoms with Crippen LogP contribution in [-0.4, -0.2) is 99.5 Å². The van der Waals surface area contributed by atoms with Crippen molar-refractivity contribution < 1.29 is 43.9 Å². The monoisotopic (exact) mass is 777 g/mol. The highest BCUT2D eigenvalue weighted by Crippen LogP contribution is 2.37. The highest BCUT2D eigenvalue weighted by Gasteiger charge is 2.31. The molecule has 0 spiro atoms. The second kappa shape index (κ2) is 21.5. The van der Waals surface area contributed by atoms with Crippen LogP contribution in [-0.2, 0) is 14.4 Å². The van der Waals surface area contributed by atoms with Gasteiger partial charge in [0.15, 0.2) is 0 Å². The van der Waals surface area contributed by atoms with Crippen molar-refractivity contribution in [1.82, 2.24) is 15.0 Å². The van der Waals surface area contributed by atoms with E-state index in [0.29, 0.717) is 19.8 Å². The standard InChI is InChI=1S/C36H63N3O9S3/c1-22(2)25(13-34(7,8)49-19-28(40)41)16-46-31-37-32(47-17-26(23(3)4)14-35(9,10)50-20-29(42)43)39-33(38-31)48-18-27(24(5)6)15-36(11,12)51-21-30(44)45/h22-27H,13-21H2,1-12H3,(H,40,41)(H,42,43)(H,44,45). The number of hydrogen-bond donors (Lipinski definition) is 3. The van der Waals surface area contributed by atoms with Gasteiger partial charge in [-0.3, -0.25) is 14.4 Å². The van der Waals surface area contributed by atoms with Crippen molar-refractivity contribution in [3.63, 3.8) is 0 Å². The van der Waals surface area contributed by atoms with E-state index in [9.17, 15) is 29.7 Å². The van der Waals surface area contributed by atoms with Gasteiger partial charge < -0.3 is 29.5 Å². The zero-order chi connectivity index (χ0) is 39.2. The highest BCUT2D eigenvalue weighted by molar-refractivity contribution is 8.01. The summed E-state index contributed by atoms with van der Waals surface area (Å²) in [5.74, 6) is -1.51. The quantitative estimate of drug-likeness (QED) is 0.0788. The number of ether oxygens (including phenoxy) is 3. The van der Waals surface area contributed by atoms with Crippen LogP contribution in [0.15, 0.2) is 0 Å². The van der Waals surface area contributed by atoms with Crippen LogP contribution in [0.1, 0.15) is 102 Å². The predicted molar refractivity (Wildman–Crippen MR) is 208 cm³/mol.